The number of carbonyl (C=O) groups excluding carboxylic acids is 1. The summed E-state index contributed by atoms with van der Waals surface area (Å²) in [7, 11) is 1.70. The van der Waals surface area contributed by atoms with Gasteiger partial charge in [-0.1, -0.05) is 30.3 Å². The fourth-order valence-corrected chi connectivity index (χ4v) is 1.21. The quantitative estimate of drug-likeness (QED) is 0.729. The minimum Gasteiger partial charge on any atom is -0.294 e. The Balaban J connectivity index is 0.00000112. The molecule has 0 unspecified atom stereocenters. The third-order valence-electron chi connectivity index (χ3n) is 1.93. The topological polar surface area (TPSA) is 47.8 Å². The second kappa shape index (κ2) is 4.70. The molecular formula is C10H10ClN3O. The molecule has 1 aromatic carbocycles. The van der Waals surface area contributed by atoms with E-state index in [1.165, 1.54) is 4.68 Å². The summed E-state index contributed by atoms with van der Waals surface area (Å²) in [5.41, 5.74) is 0.913. The molecule has 2 aromatic rings. The molecule has 4 nitrogen and oxygen atoms in total. The Hall–Kier alpha value is -1.68. The first-order valence-electron chi connectivity index (χ1n) is 4.23. The van der Waals surface area contributed by atoms with Crippen molar-refractivity contribution in [1.82, 2.24) is 14.8 Å². The molecule has 0 aliphatic rings. The highest BCUT2D eigenvalue weighted by molar-refractivity contribution is 5.85. The SMILES string of the molecule is Cl.Cn1nc(-c2ccccc2)nc1C=O. The summed E-state index contributed by atoms with van der Waals surface area (Å²) < 4.78 is 1.47. The normalized spacial score (nSPS) is 9.40. The molecule has 0 amide bonds. The van der Waals surface area contributed by atoms with Gasteiger partial charge >= 0.3 is 0 Å². The van der Waals surface area contributed by atoms with E-state index in [2.05, 4.69) is 10.1 Å². The van der Waals surface area contributed by atoms with E-state index in [1.54, 1.807) is 7.05 Å². The maximum atomic E-state index is 10.5. The zero-order chi connectivity index (χ0) is 9.97. The summed E-state index contributed by atoms with van der Waals surface area (Å²) >= 11 is 0. The van der Waals surface area contributed by atoms with Crippen LogP contribution in [-0.4, -0.2) is 21.1 Å². The van der Waals surface area contributed by atoms with Crippen molar-refractivity contribution < 1.29 is 4.79 Å². The minimum absolute atomic E-state index is 0. The number of aldehydes is 1. The van der Waals surface area contributed by atoms with Gasteiger partial charge in [0.2, 0.25) is 0 Å². The molecule has 78 valence electrons. The van der Waals surface area contributed by atoms with Crippen LogP contribution in [0.3, 0.4) is 0 Å². The Bertz CT molecular complexity index is 453. The number of aromatic nitrogens is 3. The number of halogens is 1. The van der Waals surface area contributed by atoms with Crippen LogP contribution in [0.4, 0.5) is 0 Å². The molecule has 15 heavy (non-hydrogen) atoms. The summed E-state index contributed by atoms with van der Waals surface area (Å²) in [5.74, 6) is 0.916. The highest BCUT2D eigenvalue weighted by atomic mass is 35.5. The zero-order valence-corrected chi connectivity index (χ0v) is 8.94. The largest absolute Gasteiger partial charge is 0.294 e. The molecule has 0 atom stereocenters. The molecule has 0 radical (unpaired) electrons. The zero-order valence-electron chi connectivity index (χ0n) is 8.12. The van der Waals surface area contributed by atoms with Crippen molar-refractivity contribution in [1.29, 1.82) is 0 Å². The Morgan fingerprint density at radius 1 is 1.27 bits per heavy atom. The lowest BCUT2D eigenvalue weighted by Gasteiger charge is -1.91. The van der Waals surface area contributed by atoms with Crippen LogP contribution in [0.25, 0.3) is 11.4 Å². The molecule has 5 heteroatoms. The van der Waals surface area contributed by atoms with Crippen LogP contribution in [0.5, 0.6) is 0 Å². The van der Waals surface area contributed by atoms with Crippen molar-refractivity contribution in [3.05, 3.63) is 36.2 Å². The number of nitrogens with zero attached hydrogens (tertiary/aromatic N) is 3. The van der Waals surface area contributed by atoms with Gasteiger partial charge in [0.1, 0.15) is 0 Å². The maximum absolute atomic E-state index is 10.5. The summed E-state index contributed by atoms with van der Waals surface area (Å²) in [6, 6.07) is 9.56. The number of benzene rings is 1. The molecule has 0 saturated heterocycles. The third kappa shape index (κ3) is 2.22. The van der Waals surface area contributed by atoms with E-state index in [0.717, 1.165) is 5.56 Å². The van der Waals surface area contributed by atoms with E-state index >= 15 is 0 Å². The number of hydrogen-bond donors (Lipinski definition) is 0. The first kappa shape index (κ1) is 11.4. The molecule has 0 aliphatic carbocycles. The third-order valence-corrected chi connectivity index (χ3v) is 1.93. The average Bonchev–Trinajstić information content (AvgIpc) is 2.61. The van der Waals surface area contributed by atoms with Gasteiger partial charge < -0.3 is 0 Å². The van der Waals surface area contributed by atoms with Crippen LogP contribution in [0.15, 0.2) is 30.3 Å². The summed E-state index contributed by atoms with van der Waals surface area (Å²) in [6.07, 6.45) is 0.694. The highest BCUT2D eigenvalue weighted by Crippen LogP contribution is 2.13. The van der Waals surface area contributed by atoms with E-state index in [1.807, 2.05) is 30.3 Å². The van der Waals surface area contributed by atoms with Crippen molar-refractivity contribution in [3.8, 4) is 11.4 Å². The Morgan fingerprint density at radius 3 is 2.47 bits per heavy atom. The molecule has 0 saturated carbocycles. The average molecular weight is 224 g/mol. The fraction of sp³-hybridized carbons (Fsp3) is 0.100. The van der Waals surface area contributed by atoms with E-state index < -0.39 is 0 Å². The van der Waals surface area contributed by atoms with Crippen molar-refractivity contribution in [3.63, 3.8) is 0 Å². The van der Waals surface area contributed by atoms with Gasteiger partial charge in [-0.15, -0.1) is 12.4 Å². The first-order valence-corrected chi connectivity index (χ1v) is 4.23. The van der Waals surface area contributed by atoms with Crippen LogP contribution in [0.2, 0.25) is 0 Å². The summed E-state index contributed by atoms with van der Waals surface area (Å²) in [5, 5.41) is 4.13. The molecular weight excluding hydrogens is 214 g/mol. The predicted molar refractivity (Wildman–Crippen MR) is 59.1 cm³/mol. The minimum atomic E-state index is 0. The predicted octanol–water partition coefficient (Wildman–Crippen LogP) is 1.72. The molecule has 0 N–H and O–H groups in total. The first-order chi connectivity index (χ1) is 6.81. The second-order valence-corrected chi connectivity index (χ2v) is 2.90. The molecule has 1 heterocycles. The van der Waals surface area contributed by atoms with Crippen molar-refractivity contribution in [2.45, 2.75) is 0 Å². The van der Waals surface area contributed by atoms with Crippen molar-refractivity contribution in [2.75, 3.05) is 0 Å². The monoisotopic (exact) mass is 223 g/mol. The van der Waals surface area contributed by atoms with Crippen molar-refractivity contribution >= 4 is 18.7 Å². The lowest BCUT2D eigenvalue weighted by atomic mass is 10.2. The molecule has 2 rings (SSSR count). The molecule has 0 bridgehead atoms. The van der Waals surface area contributed by atoms with Crippen LogP contribution in [0, 0.1) is 0 Å². The molecule has 0 aliphatic heterocycles. The van der Waals surface area contributed by atoms with E-state index in [9.17, 15) is 4.79 Å². The lowest BCUT2D eigenvalue weighted by molar-refractivity contribution is 0.111. The maximum Gasteiger partial charge on any atom is 0.191 e. The second-order valence-electron chi connectivity index (χ2n) is 2.90. The van der Waals surface area contributed by atoms with Gasteiger partial charge in [-0.25, -0.2) is 9.67 Å². The van der Waals surface area contributed by atoms with Gasteiger partial charge in [-0.3, -0.25) is 4.79 Å². The molecule has 1 aromatic heterocycles. The number of aryl methyl sites for hydroxylation is 1. The van der Waals surface area contributed by atoms with Gasteiger partial charge in [0.25, 0.3) is 0 Å². The standard InChI is InChI=1S/C10H9N3O.ClH/c1-13-9(7-14)11-10(12-13)8-5-3-2-4-6-8;/h2-7H,1H3;1H. The van der Waals surface area contributed by atoms with E-state index in [4.69, 9.17) is 0 Å². The summed E-state index contributed by atoms with van der Waals surface area (Å²) in [4.78, 5) is 14.6. The molecule has 0 spiro atoms. The summed E-state index contributed by atoms with van der Waals surface area (Å²) in [6.45, 7) is 0. The highest BCUT2D eigenvalue weighted by Gasteiger charge is 2.06. The number of rotatable bonds is 2. The smallest absolute Gasteiger partial charge is 0.191 e. The van der Waals surface area contributed by atoms with Crippen LogP contribution in [-0.2, 0) is 7.05 Å². The van der Waals surface area contributed by atoms with Gasteiger partial charge in [0.05, 0.1) is 0 Å². The van der Waals surface area contributed by atoms with Crippen LogP contribution < -0.4 is 0 Å². The van der Waals surface area contributed by atoms with Crippen LogP contribution >= 0.6 is 12.4 Å². The van der Waals surface area contributed by atoms with Gasteiger partial charge in [-0.05, 0) is 0 Å². The number of hydrogen-bond acceptors (Lipinski definition) is 3. The number of carbonyl (C=O) groups is 1. The van der Waals surface area contributed by atoms with Crippen LogP contribution in [0.1, 0.15) is 10.6 Å². The van der Waals surface area contributed by atoms with E-state index in [-0.39, 0.29) is 12.4 Å². The Kier molecular flexibility index (Phi) is 3.57. The Labute approximate surface area is 93.4 Å². The molecule has 0 fully saturated rings. The van der Waals surface area contributed by atoms with Gasteiger partial charge in [0.15, 0.2) is 17.9 Å². The lowest BCUT2D eigenvalue weighted by Crippen LogP contribution is -1.96. The van der Waals surface area contributed by atoms with Gasteiger partial charge in [0, 0.05) is 12.6 Å². The van der Waals surface area contributed by atoms with E-state index in [0.29, 0.717) is 17.9 Å². The Morgan fingerprint density at radius 2 is 1.93 bits per heavy atom. The van der Waals surface area contributed by atoms with Gasteiger partial charge in [-0.2, -0.15) is 5.10 Å². The fourth-order valence-electron chi connectivity index (χ4n) is 1.21. The van der Waals surface area contributed by atoms with Crippen molar-refractivity contribution in [2.24, 2.45) is 7.05 Å².